The van der Waals surface area contributed by atoms with E-state index >= 15 is 0 Å². The summed E-state index contributed by atoms with van der Waals surface area (Å²) in [7, 11) is 0. The van der Waals surface area contributed by atoms with Crippen molar-refractivity contribution in [2.45, 2.75) is 156 Å². The van der Waals surface area contributed by atoms with Gasteiger partial charge in [-0.25, -0.2) is 0 Å². The number of unbranched alkanes of at least 4 members (excludes halogenated alkanes) is 13. The molecule has 1 aliphatic rings. The van der Waals surface area contributed by atoms with Crippen molar-refractivity contribution in [3.8, 4) is 0 Å². The average molecular weight is 465 g/mol. The highest BCUT2D eigenvalue weighted by Gasteiger charge is 2.23. The smallest absolute Gasteiger partial charge is 0.135 e. The van der Waals surface area contributed by atoms with Crippen molar-refractivity contribution in [1.82, 2.24) is 0 Å². The van der Waals surface area contributed by atoms with Gasteiger partial charge < -0.3 is 9.59 Å². The predicted molar refractivity (Wildman–Crippen MR) is 144 cm³/mol. The molecule has 194 valence electrons. The number of allylic oxidation sites excluding steroid dienone is 2. The molecule has 0 saturated heterocycles. The Labute approximate surface area is 206 Å². The first-order chi connectivity index (χ1) is 16.2. The van der Waals surface area contributed by atoms with Crippen molar-refractivity contribution in [2.75, 3.05) is 0 Å². The van der Waals surface area contributed by atoms with Crippen LogP contribution in [0.15, 0.2) is 12.2 Å². The third kappa shape index (κ3) is 28.7. The molecule has 1 aliphatic carbocycles. The molecule has 0 aliphatic heterocycles. The highest BCUT2D eigenvalue weighted by atomic mass is 16.1. The van der Waals surface area contributed by atoms with Gasteiger partial charge in [-0.1, -0.05) is 104 Å². The molecular weight excluding hydrogens is 408 g/mol. The Kier molecular flexibility index (Phi) is 31.6. The summed E-state index contributed by atoms with van der Waals surface area (Å²) in [6, 6.07) is 0. The maximum absolute atomic E-state index is 11.2. The van der Waals surface area contributed by atoms with Crippen LogP contribution in [0.1, 0.15) is 156 Å². The van der Waals surface area contributed by atoms with E-state index in [-0.39, 0.29) is 0 Å². The van der Waals surface area contributed by atoms with Crippen molar-refractivity contribution in [3.63, 3.8) is 0 Å². The zero-order valence-corrected chi connectivity index (χ0v) is 22.5. The minimum Gasteiger partial charge on any atom is -0.303 e. The molecule has 0 aromatic heterocycles. The topological polar surface area (TPSA) is 51.2 Å². The molecular formula is C30H56O3. The van der Waals surface area contributed by atoms with Crippen molar-refractivity contribution < 1.29 is 14.4 Å². The summed E-state index contributed by atoms with van der Waals surface area (Å²) in [6.07, 6.45) is 30.9. The van der Waals surface area contributed by atoms with Gasteiger partial charge in [-0.3, -0.25) is 4.79 Å². The number of hydrogen-bond acceptors (Lipinski definition) is 3. The maximum Gasteiger partial charge on any atom is 0.135 e. The molecule has 1 unspecified atom stereocenters. The first-order valence-corrected chi connectivity index (χ1v) is 14.2. The third-order valence-corrected chi connectivity index (χ3v) is 6.10. The van der Waals surface area contributed by atoms with Crippen LogP contribution in [0, 0.1) is 5.92 Å². The van der Waals surface area contributed by atoms with E-state index in [9.17, 15) is 14.4 Å². The SMILES string of the molecule is CCCCC/C=C/CCC=O.CCCCCC1CCCC1=O.CCCCCCCCCC=O. The van der Waals surface area contributed by atoms with Gasteiger partial charge in [-0.2, -0.15) is 0 Å². The van der Waals surface area contributed by atoms with E-state index in [2.05, 4.69) is 32.9 Å². The summed E-state index contributed by atoms with van der Waals surface area (Å²) >= 11 is 0. The molecule has 1 fully saturated rings. The zero-order valence-electron chi connectivity index (χ0n) is 22.5. The Morgan fingerprint density at radius 1 is 0.636 bits per heavy atom. The largest absolute Gasteiger partial charge is 0.303 e. The lowest BCUT2D eigenvalue weighted by molar-refractivity contribution is -0.120. The van der Waals surface area contributed by atoms with Crippen LogP contribution in [0.3, 0.4) is 0 Å². The predicted octanol–water partition coefficient (Wildman–Crippen LogP) is 9.36. The quantitative estimate of drug-likeness (QED) is 0.109. The van der Waals surface area contributed by atoms with Crippen molar-refractivity contribution >= 4 is 18.4 Å². The second-order valence-corrected chi connectivity index (χ2v) is 9.34. The van der Waals surface area contributed by atoms with E-state index in [0.29, 0.717) is 18.1 Å². The summed E-state index contributed by atoms with van der Waals surface area (Å²) < 4.78 is 0. The molecule has 3 nitrogen and oxygen atoms in total. The number of aldehydes is 2. The number of ketones is 1. The minimum atomic E-state index is 0.446. The molecule has 0 radical (unpaired) electrons. The molecule has 1 saturated carbocycles. The van der Waals surface area contributed by atoms with Gasteiger partial charge in [-0.15, -0.1) is 0 Å². The Balaban J connectivity index is 0. The van der Waals surface area contributed by atoms with Crippen LogP contribution in [-0.4, -0.2) is 18.4 Å². The summed E-state index contributed by atoms with van der Waals surface area (Å²) in [4.78, 5) is 31.0. The van der Waals surface area contributed by atoms with Crippen LogP contribution in [0.2, 0.25) is 0 Å². The lowest BCUT2D eigenvalue weighted by Gasteiger charge is -2.05. The van der Waals surface area contributed by atoms with Crippen LogP contribution in [-0.2, 0) is 14.4 Å². The van der Waals surface area contributed by atoms with Gasteiger partial charge in [0, 0.05) is 25.2 Å². The van der Waals surface area contributed by atoms with Gasteiger partial charge in [0.2, 0.25) is 0 Å². The molecule has 0 bridgehead atoms. The highest BCUT2D eigenvalue weighted by Crippen LogP contribution is 2.26. The Morgan fingerprint density at radius 2 is 1.15 bits per heavy atom. The van der Waals surface area contributed by atoms with Crippen molar-refractivity contribution in [2.24, 2.45) is 5.92 Å². The second-order valence-electron chi connectivity index (χ2n) is 9.34. The number of carbonyl (C=O) groups excluding carboxylic acids is 3. The summed E-state index contributed by atoms with van der Waals surface area (Å²) in [5.41, 5.74) is 0. The van der Waals surface area contributed by atoms with Crippen molar-refractivity contribution in [1.29, 1.82) is 0 Å². The summed E-state index contributed by atoms with van der Waals surface area (Å²) in [5, 5.41) is 0. The highest BCUT2D eigenvalue weighted by molar-refractivity contribution is 5.82. The van der Waals surface area contributed by atoms with E-state index in [4.69, 9.17) is 0 Å². The average Bonchev–Trinajstić information content (AvgIpc) is 3.24. The molecule has 0 amide bonds. The monoisotopic (exact) mass is 464 g/mol. The summed E-state index contributed by atoms with van der Waals surface area (Å²) in [5.74, 6) is 0.975. The molecule has 1 atom stereocenters. The van der Waals surface area contributed by atoms with E-state index in [1.54, 1.807) is 0 Å². The van der Waals surface area contributed by atoms with E-state index in [0.717, 1.165) is 51.1 Å². The normalized spacial score (nSPS) is 15.0. The Morgan fingerprint density at radius 3 is 1.73 bits per heavy atom. The molecule has 0 spiro atoms. The first-order valence-electron chi connectivity index (χ1n) is 14.2. The fraction of sp³-hybridized carbons (Fsp3) is 0.833. The summed E-state index contributed by atoms with van der Waals surface area (Å²) in [6.45, 7) is 6.64. The Bertz CT molecular complexity index is 442. The first kappa shape index (κ1) is 33.9. The van der Waals surface area contributed by atoms with Gasteiger partial charge in [0.1, 0.15) is 18.4 Å². The number of carbonyl (C=O) groups is 3. The van der Waals surface area contributed by atoms with Gasteiger partial charge in [-0.05, 0) is 44.9 Å². The third-order valence-electron chi connectivity index (χ3n) is 6.10. The maximum atomic E-state index is 11.2. The van der Waals surface area contributed by atoms with Gasteiger partial charge in [0.25, 0.3) is 0 Å². The Hall–Kier alpha value is -1.25. The lowest BCUT2D eigenvalue weighted by Crippen LogP contribution is -2.05. The van der Waals surface area contributed by atoms with Crippen LogP contribution >= 0.6 is 0 Å². The van der Waals surface area contributed by atoms with Crippen LogP contribution in [0.25, 0.3) is 0 Å². The second kappa shape index (κ2) is 30.8. The van der Waals surface area contributed by atoms with E-state index in [1.807, 2.05) is 0 Å². The molecule has 0 heterocycles. The van der Waals surface area contributed by atoms with E-state index in [1.165, 1.54) is 89.9 Å². The fourth-order valence-electron chi connectivity index (χ4n) is 3.93. The number of Topliss-reactive ketones (excluding diaryl/α,β-unsaturated/α-hetero) is 1. The minimum absolute atomic E-state index is 0.446. The number of hydrogen-bond donors (Lipinski definition) is 0. The molecule has 0 aromatic carbocycles. The van der Waals surface area contributed by atoms with E-state index < -0.39 is 0 Å². The molecule has 33 heavy (non-hydrogen) atoms. The molecule has 0 aromatic rings. The van der Waals surface area contributed by atoms with Crippen LogP contribution in [0.5, 0.6) is 0 Å². The van der Waals surface area contributed by atoms with Gasteiger partial charge in [0.15, 0.2) is 0 Å². The molecule has 0 N–H and O–H groups in total. The van der Waals surface area contributed by atoms with Crippen LogP contribution < -0.4 is 0 Å². The molecule has 3 heteroatoms. The zero-order chi connectivity index (χ0) is 24.8. The van der Waals surface area contributed by atoms with Gasteiger partial charge >= 0.3 is 0 Å². The molecule has 1 rings (SSSR count). The van der Waals surface area contributed by atoms with Gasteiger partial charge in [0.05, 0.1) is 0 Å². The van der Waals surface area contributed by atoms with Crippen LogP contribution in [0.4, 0.5) is 0 Å². The number of rotatable bonds is 19. The fourth-order valence-corrected chi connectivity index (χ4v) is 3.93. The lowest BCUT2D eigenvalue weighted by atomic mass is 9.99. The standard InChI is InChI=1S/C10H18O.C10H20O.C10H18O/c1-2-3-4-6-9-7-5-8-10(9)11;2*1-2-3-4-5-6-7-8-9-10-11/h9H,2-8H2,1H3;10H,2-9H2,1H3;6-7,10H,2-5,8-9H2,1H3/b;;7-6+. The van der Waals surface area contributed by atoms with Crippen molar-refractivity contribution in [3.05, 3.63) is 12.2 Å².